The van der Waals surface area contributed by atoms with Gasteiger partial charge >= 0.3 is 5.97 Å². The Hall–Kier alpha value is -2.05. The molecule has 24 heavy (non-hydrogen) atoms. The molecule has 6 heteroatoms. The number of rotatable bonds is 2. The average molecular weight is 331 g/mol. The van der Waals surface area contributed by atoms with Crippen molar-refractivity contribution in [3.05, 3.63) is 34.9 Å². The van der Waals surface area contributed by atoms with Crippen molar-refractivity contribution in [3.63, 3.8) is 0 Å². The van der Waals surface area contributed by atoms with E-state index in [1.54, 1.807) is 6.07 Å². The van der Waals surface area contributed by atoms with Gasteiger partial charge in [-0.25, -0.2) is 0 Å². The summed E-state index contributed by atoms with van der Waals surface area (Å²) in [5.41, 5.74) is 3.15. The lowest BCUT2D eigenvalue weighted by atomic mass is 9.73. The number of hydrogen-bond donors (Lipinski definition) is 2. The van der Waals surface area contributed by atoms with Gasteiger partial charge < -0.3 is 19.7 Å². The van der Waals surface area contributed by atoms with Crippen LogP contribution in [0.1, 0.15) is 30.4 Å². The standard InChI is InChI=1S/C18H21NO5/c1-9(20)24-15-5-10-3-4-19-8-11-6-14(23-2)13(21)7-12(11)16(17(10)19)18(15)22/h5-7,15-18,21-22H,3-4,8H2,1-2H3/t15-,16-,17?,18+/m0/s1. The minimum absolute atomic E-state index is 0.0648. The highest BCUT2D eigenvalue weighted by atomic mass is 16.6. The number of fused-ring (bicyclic) bond motifs is 2. The molecule has 0 saturated carbocycles. The fourth-order valence-electron chi connectivity index (χ4n) is 4.42. The third-order valence-electron chi connectivity index (χ3n) is 5.36. The van der Waals surface area contributed by atoms with Crippen LogP contribution < -0.4 is 4.74 Å². The van der Waals surface area contributed by atoms with Crippen LogP contribution in [0.3, 0.4) is 0 Å². The Labute approximate surface area is 140 Å². The van der Waals surface area contributed by atoms with Crippen LogP contribution in [0.4, 0.5) is 0 Å². The van der Waals surface area contributed by atoms with E-state index in [1.807, 2.05) is 12.1 Å². The smallest absolute Gasteiger partial charge is 0.303 e. The second-order valence-electron chi connectivity index (χ2n) is 6.72. The quantitative estimate of drug-likeness (QED) is 0.628. The monoisotopic (exact) mass is 331 g/mol. The SMILES string of the molecule is COc1cc2c(cc1O)[C@H]1C3C(=C[C@H](OC(C)=O)[C@H]1O)CCN3C2. The minimum Gasteiger partial charge on any atom is -0.504 e. The van der Waals surface area contributed by atoms with E-state index in [-0.39, 0.29) is 17.7 Å². The number of carbonyl (C=O) groups is 1. The van der Waals surface area contributed by atoms with Crippen molar-refractivity contribution in [2.24, 2.45) is 0 Å². The van der Waals surface area contributed by atoms with Gasteiger partial charge in [-0.3, -0.25) is 9.69 Å². The normalized spacial score (nSPS) is 31.0. The van der Waals surface area contributed by atoms with Gasteiger partial charge in [-0.15, -0.1) is 0 Å². The lowest BCUT2D eigenvalue weighted by Crippen LogP contribution is -2.50. The van der Waals surface area contributed by atoms with E-state index in [2.05, 4.69) is 4.90 Å². The van der Waals surface area contributed by atoms with E-state index >= 15 is 0 Å². The van der Waals surface area contributed by atoms with Crippen molar-refractivity contribution in [3.8, 4) is 11.5 Å². The zero-order valence-corrected chi connectivity index (χ0v) is 13.7. The molecule has 1 saturated heterocycles. The Bertz CT molecular complexity index is 728. The van der Waals surface area contributed by atoms with E-state index in [0.29, 0.717) is 5.75 Å². The summed E-state index contributed by atoms with van der Waals surface area (Å²) >= 11 is 0. The van der Waals surface area contributed by atoms with E-state index in [1.165, 1.54) is 19.6 Å². The van der Waals surface area contributed by atoms with E-state index in [9.17, 15) is 15.0 Å². The zero-order valence-electron chi connectivity index (χ0n) is 13.7. The molecule has 4 atom stereocenters. The Kier molecular flexibility index (Phi) is 3.54. The maximum Gasteiger partial charge on any atom is 0.303 e. The fourth-order valence-corrected chi connectivity index (χ4v) is 4.42. The fraction of sp³-hybridized carbons (Fsp3) is 0.500. The van der Waals surface area contributed by atoms with Crippen LogP contribution in [-0.2, 0) is 16.1 Å². The number of aromatic hydroxyl groups is 1. The third kappa shape index (κ3) is 2.21. The molecule has 2 aliphatic heterocycles. The molecule has 2 heterocycles. The number of phenolic OH excluding ortho intramolecular Hbond substituents is 1. The number of esters is 1. The molecule has 1 unspecified atom stereocenters. The Balaban J connectivity index is 1.81. The van der Waals surface area contributed by atoms with Crippen LogP contribution >= 0.6 is 0 Å². The topological polar surface area (TPSA) is 79.2 Å². The number of benzene rings is 1. The lowest BCUT2D eigenvalue weighted by Gasteiger charge is -2.45. The first-order valence-corrected chi connectivity index (χ1v) is 8.19. The summed E-state index contributed by atoms with van der Waals surface area (Å²) in [5.74, 6) is -0.130. The number of hydrogen-bond acceptors (Lipinski definition) is 6. The second kappa shape index (κ2) is 5.50. The largest absolute Gasteiger partial charge is 0.504 e. The molecule has 0 spiro atoms. The van der Waals surface area contributed by atoms with Crippen LogP contribution in [0, 0.1) is 0 Å². The van der Waals surface area contributed by atoms with Gasteiger partial charge in [-0.05, 0) is 35.8 Å². The van der Waals surface area contributed by atoms with Crippen molar-refractivity contribution in [1.29, 1.82) is 0 Å². The van der Waals surface area contributed by atoms with Crippen molar-refractivity contribution in [1.82, 2.24) is 4.90 Å². The van der Waals surface area contributed by atoms with Gasteiger partial charge in [0.15, 0.2) is 11.5 Å². The van der Waals surface area contributed by atoms with Crippen LogP contribution in [0.15, 0.2) is 23.8 Å². The summed E-state index contributed by atoms with van der Waals surface area (Å²) in [7, 11) is 1.52. The summed E-state index contributed by atoms with van der Waals surface area (Å²) in [6.45, 7) is 3.02. The summed E-state index contributed by atoms with van der Waals surface area (Å²) in [6.07, 6.45) is 1.33. The number of nitrogens with zero attached hydrogens (tertiary/aromatic N) is 1. The molecule has 2 N–H and O–H groups in total. The molecule has 4 rings (SSSR count). The van der Waals surface area contributed by atoms with Crippen LogP contribution in [0.25, 0.3) is 0 Å². The molecule has 3 aliphatic rings. The minimum atomic E-state index is -0.838. The highest BCUT2D eigenvalue weighted by molar-refractivity contribution is 5.66. The van der Waals surface area contributed by atoms with E-state index in [0.717, 1.165) is 30.6 Å². The van der Waals surface area contributed by atoms with Gasteiger partial charge in [0, 0.05) is 32.0 Å². The number of ether oxygens (including phenoxy) is 2. The number of aliphatic hydroxyl groups is 1. The highest BCUT2D eigenvalue weighted by Gasteiger charge is 2.49. The van der Waals surface area contributed by atoms with Gasteiger partial charge in [0.1, 0.15) is 12.2 Å². The molecule has 1 aliphatic carbocycles. The molecule has 0 aromatic heterocycles. The van der Waals surface area contributed by atoms with Gasteiger partial charge in [0.05, 0.1) is 7.11 Å². The van der Waals surface area contributed by atoms with E-state index in [4.69, 9.17) is 9.47 Å². The Morgan fingerprint density at radius 2 is 2.17 bits per heavy atom. The van der Waals surface area contributed by atoms with Gasteiger partial charge in [0.2, 0.25) is 0 Å². The van der Waals surface area contributed by atoms with Gasteiger partial charge in [-0.1, -0.05) is 5.57 Å². The Morgan fingerprint density at radius 3 is 2.88 bits per heavy atom. The van der Waals surface area contributed by atoms with Gasteiger partial charge in [0.25, 0.3) is 0 Å². The van der Waals surface area contributed by atoms with E-state index < -0.39 is 18.2 Å². The van der Waals surface area contributed by atoms with Crippen LogP contribution in [0.5, 0.6) is 11.5 Å². The number of methoxy groups -OCH3 is 1. The molecule has 0 amide bonds. The first-order chi connectivity index (χ1) is 11.5. The number of phenols is 1. The molecule has 1 aromatic rings. The maximum atomic E-state index is 11.4. The van der Waals surface area contributed by atoms with Crippen molar-refractivity contribution in [2.75, 3.05) is 13.7 Å². The molecule has 0 radical (unpaired) electrons. The van der Waals surface area contributed by atoms with Crippen LogP contribution in [-0.4, -0.2) is 53.0 Å². The summed E-state index contributed by atoms with van der Waals surface area (Å²) in [6, 6.07) is 3.63. The van der Waals surface area contributed by atoms with Crippen LogP contribution in [0.2, 0.25) is 0 Å². The number of carbonyl (C=O) groups excluding carboxylic acids is 1. The molecule has 0 bridgehead atoms. The van der Waals surface area contributed by atoms with Crippen molar-refractivity contribution < 1.29 is 24.5 Å². The highest BCUT2D eigenvalue weighted by Crippen LogP contribution is 2.49. The Morgan fingerprint density at radius 1 is 1.38 bits per heavy atom. The first kappa shape index (κ1) is 15.5. The predicted molar refractivity (Wildman–Crippen MR) is 85.9 cm³/mol. The molecule has 1 aromatic carbocycles. The molecule has 1 fully saturated rings. The zero-order chi connectivity index (χ0) is 17.0. The number of aliphatic hydroxyl groups excluding tert-OH is 1. The van der Waals surface area contributed by atoms with Gasteiger partial charge in [-0.2, -0.15) is 0 Å². The second-order valence-corrected chi connectivity index (χ2v) is 6.72. The molecule has 6 nitrogen and oxygen atoms in total. The average Bonchev–Trinajstić information content (AvgIpc) is 2.93. The lowest BCUT2D eigenvalue weighted by molar-refractivity contribution is -0.150. The van der Waals surface area contributed by atoms with Crippen molar-refractivity contribution in [2.45, 2.75) is 44.1 Å². The molecular formula is C18H21NO5. The molecule has 128 valence electrons. The summed E-state index contributed by atoms with van der Waals surface area (Å²) in [4.78, 5) is 13.7. The molecular weight excluding hydrogens is 310 g/mol. The summed E-state index contributed by atoms with van der Waals surface area (Å²) < 4.78 is 10.5. The van der Waals surface area contributed by atoms with Crippen molar-refractivity contribution >= 4 is 5.97 Å². The first-order valence-electron chi connectivity index (χ1n) is 8.19. The maximum absolute atomic E-state index is 11.4. The summed E-state index contributed by atoms with van der Waals surface area (Å²) in [5, 5.41) is 21.1. The third-order valence-corrected chi connectivity index (χ3v) is 5.36. The predicted octanol–water partition coefficient (Wildman–Crippen LogP) is 1.30.